The van der Waals surface area contributed by atoms with Gasteiger partial charge in [0.15, 0.2) is 0 Å². The summed E-state index contributed by atoms with van der Waals surface area (Å²) in [6.07, 6.45) is 18.4. The minimum absolute atomic E-state index is 0.313. The minimum Gasteiger partial charge on any atom is -0.381 e. The van der Waals surface area contributed by atoms with Crippen LogP contribution in [0.1, 0.15) is 84.0 Å². The Bertz CT molecular complexity index is 440. The Hall–Kier alpha value is -0.910. The molecule has 2 heterocycles. The molecule has 4 atom stereocenters. The standard InChI is InChI=1S/C22H39NO4/c1-2-3-4-5-8-11-16-26-17-19-18(20-14-15-21(19)27-20)12-9-6-7-10-13-22(24)23-25/h6,9,18-21,25H,2-5,7-8,10-17H2,1H3,(H,23,24)/b9-6-/t18-,19+,20-,21+/m0/s1. The van der Waals surface area contributed by atoms with Crippen molar-refractivity contribution < 1.29 is 19.5 Å². The summed E-state index contributed by atoms with van der Waals surface area (Å²) in [7, 11) is 0. The van der Waals surface area contributed by atoms with E-state index in [1.807, 2.05) is 0 Å². The predicted octanol–water partition coefficient (Wildman–Crippen LogP) is 4.78. The summed E-state index contributed by atoms with van der Waals surface area (Å²) in [5.74, 6) is 0.798. The van der Waals surface area contributed by atoms with Gasteiger partial charge >= 0.3 is 0 Å². The molecule has 0 aromatic rings. The van der Waals surface area contributed by atoms with Gasteiger partial charge in [0.05, 0.1) is 18.8 Å². The zero-order valence-corrected chi connectivity index (χ0v) is 17.0. The van der Waals surface area contributed by atoms with Crippen LogP contribution in [0.15, 0.2) is 12.2 Å². The summed E-state index contributed by atoms with van der Waals surface area (Å²) in [5.41, 5.74) is 1.67. The van der Waals surface area contributed by atoms with Crippen molar-refractivity contribution >= 4 is 5.91 Å². The van der Waals surface area contributed by atoms with Crippen LogP contribution in [0.4, 0.5) is 0 Å². The Morgan fingerprint density at radius 2 is 1.81 bits per heavy atom. The van der Waals surface area contributed by atoms with Crippen LogP contribution >= 0.6 is 0 Å². The average molecular weight is 382 g/mol. The summed E-state index contributed by atoms with van der Waals surface area (Å²) in [6.45, 7) is 3.97. The van der Waals surface area contributed by atoms with Gasteiger partial charge in [-0.25, -0.2) is 5.48 Å². The van der Waals surface area contributed by atoms with Crippen LogP contribution in [-0.4, -0.2) is 36.5 Å². The van der Waals surface area contributed by atoms with Gasteiger partial charge in [0.1, 0.15) is 0 Å². The molecule has 2 saturated heterocycles. The van der Waals surface area contributed by atoms with E-state index >= 15 is 0 Å². The Kier molecular flexibility index (Phi) is 11.0. The van der Waals surface area contributed by atoms with Crippen LogP contribution in [0.5, 0.6) is 0 Å². The van der Waals surface area contributed by atoms with Crippen LogP contribution in [0.2, 0.25) is 0 Å². The summed E-state index contributed by atoms with van der Waals surface area (Å²) in [4.78, 5) is 11.0. The van der Waals surface area contributed by atoms with Crippen molar-refractivity contribution in [3.63, 3.8) is 0 Å². The molecule has 156 valence electrons. The maximum absolute atomic E-state index is 11.0. The van der Waals surface area contributed by atoms with Crippen molar-refractivity contribution in [2.75, 3.05) is 13.2 Å². The number of hydrogen-bond donors (Lipinski definition) is 2. The van der Waals surface area contributed by atoms with Crippen molar-refractivity contribution in [2.45, 2.75) is 96.2 Å². The van der Waals surface area contributed by atoms with E-state index in [4.69, 9.17) is 14.7 Å². The fraction of sp³-hybridized carbons (Fsp3) is 0.864. The largest absolute Gasteiger partial charge is 0.381 e. The van der Waals surface area contributed by atoms with Gasteiger partial charge in [-0.2, -0.15) is 0 Å². The quantitative estimate of drug-likeness (QED) is 0.185. The van der Waals surface area contributed by atoms with Gasteiger partial charge in [0.25, 0.3) is 0 Å². The van der Waals surface area contributed by atoms with Gasteiger partial charge < -0.3 is 9.47 Å². The number of carbonyl (C=O) groups is 1. The second-order valence-electron chi connectivity index (χ2n) is 8.10. The van der Waals surface area contributed by atoms with Crippen molar-refractivity contribution in [3.8, 4) is 0 Å². The van der Waals surface area contributed by atoms with Crippen LogP contribution in [-0.2, 0) is 14.3 Å². The number of allylic oxidation sites excluding steroid dienone is 2. The van der Waals surface area contributed by atoms with E-state index in [1.54, 1.807) is 5.48 Å². The first-order valence-electron chi connectivity index (χ1n) is 11.1. The van der Waals surface area contributed by atoms with Gasteiger partial charge in [-0.15, -0.1) is 0 Å². The highest BCUT2D eigenvalue weighted by Gasteiger charge is 2.48. The van der Waals surface area contributed by atoms with E-state index < -0.39 is 0 Å². The van der Waals surface area contributed by atoms with Crippen LogP contribution in [0.3, 0.4) is 0 Å². The Morgan fingerprint density at radius 3 is 2.59 bits per heavy atom. The molecule has 0 unspecified atom stereocenters. The zero-order valence-electron chi connectivity index (χ0n) is 17.0. The normalized spacial score (nSPS) is 26.9. The van der Waals surface area contributed by atoms with E-state index in [2.05, 4.69) is 19.1 Å². The molecular formula is C22H39NO4. The first-order chi connectivity index (χ1) is 13.3. The Morgan fingerprint density at radius 1 is 1.07 bits per heavy atom. The molecule has 0 aliphatic carbocycles. The lowest BCUT2D eigenvalue weighted by Crippen LogP contribution is -2.30. The molecule has 0 saturated carbocycles. The molecule has 2 aliphatic heterocycles. The lowest BCUT2D eigenvalue weighted by molar-refractivity contribution is -0.129. The third-order valence-electron chi connectivity index (χ3n) is 6.02. The van der Waals surface area contributed by atoms with Crippen molar-refractivity contribution in [1.82, 2.24) is 5.48 Å². The number of carbonyl (C=O) groups excluding carboxylic acids is 1. The number of fused-ring (bicyclic) bond motifs is 2. The van der Waals surface area contributed by atoms with Crippen molar-refractivity contribution in [2.24, 2.45) is 11.8 Å². The fourth-order valence-corrected chi connectivity index (χ4v) is 4.44. The first kappa shape index (κ1) is 22.4. The monoisotopic (exact) mass is 381 g/mol. The van der Waals surface area contributed by atoms with E-state index in [-0.39, 0.29) is 5.91 Å². The van der Waals surface area contributed by atoms with E-state index in [0.717, 1.165) is 32.5 Å². The highest BCUT2D eigenvalue weighted by atomic mass is 16.5. The molecule has 2 rings (SSSR count). The average Bonchev–Trinajstić information content (AvgIpc) is 3.28. The van der Waals surface area contributed by atoms with Crippen molar-refractivity contribution in [3.05, 3.63) is 12.2 Å². The summed E-state index contributed by atoms with van der Waals surface area (Å²) in [6, 6.07) is 0. The second-order valence-corrected chi connectivity index (χ2v) is 8.10. The van der Waals surface area contributed by atoms with E-state index in [0.29, 0.717) is 30.5 Å². The Balaban J connectivity index is 1.59. The maximum Gasteiger partial charge on any atom is 0.243 e. The minimum atomic E-state index is -0.313. The molecule has 5 nitrogen and oxygen atoms in total. The van der Waals surface area contributed by atoms with Gasteiger partial charge in [-0.05, 0) is 44.4 Å². The third kappa shape index (κ3) is 7.92. The number of amides is 1. The summed E-state index contributed by atoms with van der Waals surface area (Å²) >= 11 is 0. The molecule has 1 amide bonds. The first-order valence-corrected chi connectivity index (χ1v) is 11.1. The topological polar surface area (TPSA) is 67.8 Å². The summed E-state index contributed by atoms with van der Waals surface area (Å²) in [5, 5.41) is 8.48. The number of hydrogen-bond acceptors (Lipinski definition) is 4. The van der Waals surface area contributed by atoms with Gasteiger partial charge in [-0.3, -0.25) is 10.0 Å². The predicted molar refractivity (Wildman–Crippen MR) is 107 cm³/mol. The number of rotatable bonds is 15. The second kappa shape index (κ2) is 13.3. The molecule has 0 spiro atoms. The third-order valence-corrected chi connectivity index (χ3v) is 6.02. The lowest BCUT2D eigenvalue weighted by Gasteiger charge is -2.27. The van der Waals surface area contributed by atoms with Crippen LogP contribution in [0, 0.1) is 11.8 Å². The number of unbranched alkanes of at least 4 members (excludes halogenated alkanes) is 6. The Labute approximate surface area is 164 Å². The van der Waals surface area contributed by atoms with Crippen LogP contribution in [0.25, 0.3) is 0 Å². The molecule has 0 aromatic carbocycles. The van der Waals surface area contributed by atoms with Gasteiger partial charge in [0, 0.05) is 18.9 Å². The molecule has 0 aromatic heterocycles. The smallest absolute Gasteiger partial charge is 0.243 e. The highest BCUT2D eigenvalue weighted by Crippen LogP contribution is 2.45. The summed E-state index contributed by atoms with van der Waals surface area (Å²) < 4.78 is 12.2. The molecule has 2 bridgehead atoms. The fourth-order valence-electron chi connectivity index (χ4n) is 4.44. The lowest BCUT2D eigenvalue weighted by atomic mass is 9.78. The number of ether oxygens (including phenoxy) is 2. The molecule has 0 radical (unpaired) electrons. The zero-order chi connectivity index (χ0) is 19.3. The van der Waals surface area contributed by atoms with Crippen molar-refractivity contribution in [1.29, 1.82) is 0 Å². The van der Waals surface area contributed by atoms with Gasteiger partial charge in [-0.1, -0.05) is 51.2 Å². The molecule has 2 fully saturated rings. The number of nitrogens with one attached hydrogen (secondary N) is 1. The van der Waals surface area contributed by atoms with E-state index in [1.165, 1.54) is 51.4 Å². The van der Waals surface area contributed by atoms with Crippen LogP contribution < -0.4 is 5.48 Å². The van der Waals surface area contributed by atoms with E-state index in [9.17, 15) is 4.79 Å². The molecule has 27 heavy (non-hydrogen) atoms. The molecule has 2 aliphatic rings. The van der Waals surface area contributed by atoms with Gasteiger partial charge in [0.2, 0.25) is 5.91 Å². The molecular weight excluding hydrogens is 342 g/mol. The maximum atomic E-state index is 11.0. The highest BCUT2D eigenvalue weighted by molar-refractivity contribution is 5.74. The SMILES string of the molecule is CCCCCCCCOC[C@@H]1[C@H](C/C=C\CCCC(=O)NO)[C@@H]2CC[C@H]1O2. The number of hydroxylamine groups is 1. The molecule has 5 heteroatoms. The molecule has 2 N–H and O–H groups in total.